The van der Waals surface area contributed by atoms with Crippen LogP contribution in [0.4, 0.5) is 5.69 Å². The average Bonchev–Trinajstić information content (AvgIpc) is 2.47. The summed E-state index contributed by atoms with van der Waals surface area (Å²) >= 11 is 5.93. The number of hydrogen-bond donors (Lipinski definition) is 1. The zero-order valence-corrected chi connectivity index (χ0v) is 13.5. The van der Waals surface area contributed by atoms with E-state index in [4.69, 9.17) is 16.3 Å². The molecule has 2 aromatic rings. The van der Waals surface area contributed by atoms with E-state index in [9.17, 15) is 0 Å². The highest BCUT2D eigenvalue weighted by Crippen LogP contribution is 2.28. The van der Waals surface area contributed by atoms with Crippen molar-refractivity contribution in [2.75, 3.05) is 11.9 Å². The molecule has 0 aliphatic carbocycles. The molecule has 0 saturated carbocycles. The number of anilines is 1. The van der Waals surface area contributed by atoms with E-state index in [1.165, 1.54) is 5.56 Å². The fourth-order valence-corrected chi connectivity index (χ4v) is 2.16. The molecule has 2 nitrogen and oxygen atoms in total. The van der Waals surface area contributed by atoms with Crippen LogP contribution >= 0.6 is 11.6 Å². The van der Waals surface area contributed by atoms with Gasteiger partial charge in [0.1, 0.15) is 5.75 Å². The van der Waals surface area contributed by atoms with Gasteiger partial charge in [0, 0.05) is 11.1 Å². The van der Waals surface area contributed by atoms with Gasteiger partial charge in [0.05, 0.1) is 12.3 Å². The summed E-state index contributed by atoms with van der Waals surface area (Å²) in [4.78, 5) is 0. The van der Waals surface area contributed by atoms with Crippen LogP contribution < -0.4 is 10.1 Å². The van der Waals surface area contributed by atoms with Crippen molar-refractivity contribution in [1.82, 2.24) is 0 Å². The van der Waals surface area contributed by atoms with Gasteiger partial charge in [0.15, 0.2) is 0 Å². The van der Waals surface area contributed by atoms with E-state index in [1.807, 2.05) is 48.5 Å². The van der Waals surface area contributed by atoms with Gasteiger partial charge >= 0.3 is 0 Å². The van der Waals surface area contributed by atoms with E-state index in [-0.39, 0.29) is 6.04 Å². The number of ether oxygens (including phenoxy) is 1. The molecule has 0 bridgehead atoms. The van der Waals surface area contributed by atoms with Gasteiger partial charge in [-0.25, -0.2) is 0 Å². The summed E-state index contributed by atoms with van der Waals surface area (Å²) in [5, 5.41) is 4.26. The van der Waals surface area contributed by atoms with Crippen molar-refractivity contribution in [1.29, 1.82) is 0 Å². The van der Waals surface area contributed by atoms with Crippen molar-refractivity contribution in [2.45, 2.75) is 26.8 Å². The molecule has 1 unspecified atom stereocenters. The minimum absolute atomic E-state index is 0.186. The molecule has 2 aromatic carbocycles. The molecule has 3 heteroatoms. The maximum atomic E-state index is 5.93. The van der Waals surface area contributed by atoms with E-state index in [0.29, 0.717) is 12.5 Å². The minimum atomic E-state index is 0.186. The number of hydrogen-bond acceptors (Lipinski definition) is 2. The summed E-state index contributed by atoms with van der Waals surface area (Å²) in [5.74, 6) is 1.40. The van der Waals surface area contributed by atoms with Gasteiger partial charge in [-0.1, -0.05) is 49.7 Å². The second kappa shape index (κ2) is 7.37. The van der Waals surface area contributed by atoms with Crippen molar-refractivity contribution in [3.8, 4) is 5.75 Å². The molecule has 0 radical (unpaired) electrons. The molecular weight excluding hydrogens is 282 g/mol. The number of rotatable bonds is 6. The molecule has 2 rings (SSSR count). The number of halogens is 1. The van der Waals surface area contributed by atoms with Gasteiger partial charge in [0.25, 0.3) is 0 Å². The summed E-state index contributed by atoms with van der Waals surface area (Å²) in [7, 11) is 0. The number of nitrogens with one attached hydrogen (secondary N) is 1. The Labute approximate surface area is 132 Å². The van der Waals surface area contributed by atoms with Crippen LogP contribution in [0.15, 0.2) is 48.5 Å². The molecule has 0 heterocycles. The van der Waals surface area contributed by atoms with Gasteiger partial charge in [-0.2, -0.15) is 0 Å². The molecular formula is C18H22ClNO. The summed E-state index contributed by atoms with van der Waals surface area (Å²) in [6.45, 7) is 7.13. The van der Waals surface area contributed by atoms with Crippen molar-refractivity contribution in [3.05, 3.63) is 59.1 Å². The predicted octanol–water partition coefficient (Wildman–Crippen LogP) is 5.55. The maximum absolute atomic E-state index is 5.93. The SMILES string of the molecule is CC(C)COc1ccccc1NC(C)c1ccc(Cl)cc1. The third-order valence-electron chi connectivity index (χ3n) is 3.20. The first-order valence-corrected chi connectivity index (χ1v) is 7.68. The Balaban J connectivity index is 2.09. The molecule has 0 aliphatic rings. The normalized spacial score (nSPS) is 12.2. The van der Waals surface area contributed by atoms with Gasteiger partial charge in [-0.05, 0) is 42.7 Å². The zero-order chi connectivity index (χ0) is 15.2. The quantitative estimate of drug-likeness (QED) is 0.755. The fourth-order valence-electron chi connectivity index (χ4n) is 2.04. The lowest BCUT2D eigenvalue weighted by molar-refractivity contribution is 0.272. The van der Waals surface area contributed by atoms with Crippen LogP contribution in [0.5, 0.6) is 5.75 Å². The molecule has 0 saturated heterocycles. The molecule has 21 heavy (non-hydrogen) atoms. The van der Waals surface area contributed by atoms with Crippen LogP contribution in [0.25, 0.3) is 0 Å². The largest absolute Gasteiger partial charge is 0.491 e. The van der Waals surface area contributed by atoms with Crippen LogP contribution in [0.2, 0.25) is 5.02 Å². The Morgan fingerprint density at radius 3 is 2.33 bits per heavy atom. The van der Waals surface area contributed by atoms with E-state index < -0.39 is 0 Å². The Kier molecular flexibility index (Phi) is 5.51. The van der Waals surface area contributed by atoms with Crippen molar-refractivity contribution in [2.24, 2.45) is 5.92 Å². The standard InChI is InChI=1S/C18H22ClNO/c1-13(2)12-21-18-7-5-4-6-17(18)20-14(3)15-8-10-16(19)11-9-15/h4-11,13-14,20H,12H2,1-3H3. The molecule has 0 spiro atoms. The number of para-hydroxylation sites is 2. The highest BCUT2D eigenvalue weighted by molar-refractivity contribution is 6.30. The Morgan fingerprint density at radius 1 is 1.00 bits per heavy atom. The molecule has 0 aliphatic heterocycles. The summed E-state index contributed by atoms with van der Waals surface area (Å²) in [5.41, 5.74) is 2.21. The van der Waals surface area contributed by atoms with Gasteiger partial charge in [-0.15, -0.1) is 0 Å². The predicted molar refractivity (Wildman–Crippen MR) is 90.3 cm³/mol. The van der Waals surface area contributed by atoms with Crippen LogP contribution in [0.1, 0.15) is 32.4 Å². The van der Waals surface area contributed by atoms with Crippen LogP contribution in [0, 0.1) is 5.92 Å². The van der Waals surface area contributed by atoms with E-state index in [1.54, 1.807) is 0 Å². The second-order valence-electron chi connectivity index (χ2n) is 5.62. The van der Waals surface area contributed by atoms with Gasteiger partial charge in [-0.3, -0.25) is 0 Å². The maximum Gasteiger partial charge on any atom is 0.142 e. The molecule has 1 atom stereocenters. The van der Waals surface area contributed by atoms with Crippen molar-refractivity contribution < 1.29 is 4.74 Å². The first-order valence-electron chi connectivity index (χ1n) is 7.30. The molecule has 0 fully saturated rings. The zero-order valence-electron chi connectivity index (χ0n) is 12.8. The Hall–Kier alpha value is -1.67. The number of benzene rings is 2. The van der Waals surface area contributed by atoms with Crippen LogP contribution in [-0.4, -0.2) is 6.61 Å². The molecule has 0 amide bonds. The average molecular weight is 304 g/mol. The highest BCUT2D eigenvalue weighted by atomic mass is 35.5. The first-order chi connectivity index (χ1) is 10.1. The van der Waals surface area contributed by atoms with E-state index in [2.05, 4.69) is 26.1 Å². The van der Waals surface area contributed by atoms with E-state index >= 15 is 0 Å². The lowest BCUT2D eigenvalue weighted by Gasteiger charge is -2.19. The molecule has 0 aromatic heterocycles. The minimum Gasteiger partial charge on any atom is -0.491 e. The topological polar surface area (TPSA) is 21.3 Å². The monoisotopic (exact) mass is 303 g/mol. The highest BCUT2D eigenvalue weighted by Gasteiger charge is 2.09. The summed E-state index contributed by atoms with van der Waals surface area (Å²) in [6.07, 6.45) is 0. The lowest BCUT2D eigenvalue weighted by atomic mass is 10.1. The van der Waals surface area contributed by atoms with Crippen LogP contribution in [-0.2, 0) is 0 Å². The van der Waals surface area contributed by atoms with Crippen molar-refractivity contribution in [3.63, 3.8) is 0 Å². The third-order valence-corrected chi connectivity index (χ3v) is 3.45. The Morgan fingerprint density at radius 2 is 1.67 bits per heavy atom. The molecule has 112 valence electrons. The van der Waals surface area contributed by atoms with Gasteiger partial charge < -0.3 is 10.1 Å². The van der Waals surface area contributed by atoms with Crippen molar-refractivity contribution >= 4 is 17.3 Å². The summed E-state index contributed by atoms with van der Waals surface area (Å²) in [6, 6.07) is 16.1. The lowest BCUT2D eigenvalue weighted by Crippen LogP contribution is -2.10. The Bertz CT molecular complexity index is 566. The van der Waals surface area contributed by atoms with Crippen LogP contribution in [0.3, 0.4) is 0 Å². The second-order valence-corrected chi connectivity index (χ2v) is 6.06. The smallest absolute Gasteiger partial charge is 0.142 e. The molecule has 1 N–H and O–H groups in total. The van der Waals surface area contributed by atoms with E-state index in [0.717, 1.165) is 16.5 Å². The fraction of sp³-hybridized carbons (Fsp3) is 0.333. The van der Waals surface area contributed by atoms with Gasteiger partial charge in [0.2, 0.25) is 0 Å². The summed E-state index contributed by atoms with van der Waals surface area (Å²) < 4.78 is 5.87. The third kappa shape index (κ3) is 4.68. The first kappa shape index (κ1) is 15.7.